The van der Waals surface area contributed by atoms with Crippen LogP contribution in [0.5, 0.6) is 0 Å². The maximum atomic E-state index is 4.48. The second kappa shape index (κ2) is 11.0. The number of hydrogen-bond acceptors (Lipinski definition) is 0. The van der Waals surface area contributed by atoms with E-state index >= 15 is 0 Å². The lowest BCUT2D eigenvalue weighted by atomic mass is 9.91. The van der Waals surface area contributed by atoms with Crippen molar-refractivity contribution < 1.29 is 0 Å². The monoisotopic (exact) mass is 486 g/mol. The summed E-state index contributed by atoms with van der Waals surface area (Å²) in [5.41, 5.74) is 8.87. The molecule has 0 unspecified atom stereocenters. The van der Waals surface area contributed by atoms with E-state index in [1.54, 1.807) is 0 Å². The first-order chi connectivity index (χ1) is 18.6. The molecule has 38 heavy (non-hydrogen) atoms. The SMILES string of the molecule is C=Cc1ccc(-c2c(=C)ccccc(=C)c(-c3ccc(-c4ccccc4)cc3)c3ccccc23)cc1C=C. The fourth-order valence-electron chi connectivity index (χ4n) is 5.01. The van der Waals surface area contributed by atoms with Crippen LogP contribution in [-0.2, 0) is 0 Å². The Hall–Kier alpha value is -4.94. The van der Waals surface area contributed by atoms with Gasteiger partial charge in [-0.3, -0.25) is 0 Å². The van der Waals surface area contributed by atoms with Crippen LogP contribution in [0.15, 0.2) is 134 Å². The van der Waals surface area contributed by atoms with Crippen LogP contribution in [0.3, 0.4) is 0 Å². The molecule has 0 heterocycles. The molecule has 0 N–H and O–H groups in total. The van der Waals surface area contributed by atoms with Crippen molar-refractivity contribution >= 4 is 36.1 Å². The number of benzene rings is 4. The third-order valence-electron chi connectivity index (χ3n) is 6.91. The summed E-state index contributed by atoms with van der Waals surface area (Å²) in [5.74, 6) is 0. The van der Waals surface area contributed by atoms with E-state index < -0.39 is 0 Å². The molecule has 0 radical (unpaired) electrons. The minimum Gasteiger partial charge on any atom is -0.0984 e. The molecule has 0 aliphatic rings. The number of fused-ring (bicyclic) bond motifs is 1. The highest BCUT2D eigenvalue weighted by Crippen LogP contribution is 2.32. The van der Waals surface area contributed by atoms with Crippen molar-refractivity contribution in [3.05, 3.63) is 156 Å². The fraction of sp³-hybridized carbons (Fsp3) is 0. The highest BCUT2D eigenvalue weighted by Gasteiger charge is 2.10. The normalized spacial score (nSPS) is 10.5. The minimum absolute atomic E-state index is 0.940. The van der Waals surface area contributed by atoms with Gasteiger partial charge in [-0.05, 0) is 71.8 Å². The molecule has 5 aromatic rings. The van der Waals surface area contributed by atoms with Crippen LogP contribution in [0, 0.1) is 0 Å². The second-order valence-electron chi connectivity index (χ2n) is 9.26. The van der Waals surface area contributed by atoms with Crippen LogP contribution in [0.4, 0.5) is 0 Å². The van der Waals surface area contributed by atoms with Gasteiger partial charge >= 0.3 is 0 Å². The maximum Gasteiger partial charge on any atom is -0.00383 e. The van der Waals surface area contributed by atoms with Crippen molar-refractivity contribution in [3.63, 3.8) is 0 Å². The van der Waals surface area contributed by atoms with Gasteiger partial charge in [0, 0.05) is 0 Å². The van der Waals surface area contributed by atoms with Crippen molar-refractivity contribution in [3.8, 4) is 33.4 Å². The first kappa shape index (κ1) is 24.7. The Morgan fingerprint density at radius 2 is 0.842 bits per heavy atom. The Morgan fingerprint density at radius 3 is 1.42 bits per heavy atom. The van der Waals surface area contributed by atoms with E-state index in [0.29, 0.717) is 0 Å². The molecule has 0 fully saturated rings. The quantitative estimate of drug-likeness (QED) is 0.232. The van der Waals surface area contributed by atoms with Gasteiger partial charge in [0.05, 0.1) is 0 Å². The fourth-order valence-corrected chi connectivity index (χ4v) is 5.01. The zero-order valence-electron chi connectivity index (χ0n) is 21.5. The molecule has 5 rings (SSSR count). The van der Waals surface area contributed by atoms with E-state index in [-0.39, 0.29) is 0 Å². The van der Waals surface area contributed by atoms with Gasteiger partial charge < -0.3 is 0 Å². The lowest BCUT2D eigenvalue weighted by Crippen LogP contribution is -2.04. The van der Waals surface area contributed by atoms with Gasteiger partial charge in [0.1, 0.15) is 0 Å². The molecule has 0 atom stereocenters. The number of hydrogen-bond donors (Lipinski definition) is 0. The lowest BCUT2D eigenvalue weighted by molar-refractivity contribution is 1.56. The van der Waals surface area contributed by atoms with Crippen molar-refractivity contribution in [1.82, 2.24) is 0 Å². The van der Waals surface area contributed by atoms with Crippen LogP contribution in [0.25, 0.3) is 69.5 Å². The van der Waals surface area contributed by atoms with Gasteiger partial charge in [-0.15, -0.1) is 0 Å². The molecule has 0 amide bonds. The van der Waals surface area contributed by atoms with Gasteiger partial charge in [0.15, 0.2) is 0 Å². The summed E-state index contributed by atoms with van der Waals surface area (Å²) in [5, 5.41) is 4.13. The maximum absolute atomic E-state index is 4.48. The summed E-state index contributed by atoms with van der Waals surface area (Å²) in [6, 6.07) is 42.3. The summed E-state index contributed by atoms with van der Waals surface area (Å²) < 4.78 is 0. The Morgan fingerprint density at radius 1 is 0.395 bits per heavy atom. The van der Waals surface area contributed by atoms with E-state index in [4.69, 9.17) is 0 Å². The average molecular weight is 487 g/mol. The smallest absolute Gasteiger partial charge is 0.00383 e. The zero-order chi connectivity index (χ0) is 26.5. The first-order valence-corrected chi connectivity index (χ1v) is 12.7. The summed E-state index contributed by atoms with van der Waals surface area (Å²) in [4.78, 5) is 0. The number of rotatable bonds is 5. The van der Waals surface area contributed by atoms with Crippen molar-refractivity contribution in [1.29, 1.82) is 0 Å². The molecule has 0 saturated carbocycles. The van der Waals surface area contributed by atoms with E-state index in [9.17, 15) is 0 Å². The van der Waals surface area contributed by atoms with E-state index in [2.05, 4.69) is 129 Å². The standard InChI is InChI=1S/C38H30/c1-5-29-20-25-34(26-30(29)6-2)38-28(4)15-11-10-14-27(3)37(35-18-12-13-19-36(35)38)33-23-21-32(22-24-33)31-16-8-7-9-17-31/h5-26H,1-4H2. The third-order valence-corrected chi connectivity index (χ3v) is 6.91. The topological polar surface area (TPSA) is 0 Å². The Labute approximate surface area is 225 Å². The highest BCUT2D eigenvalue weighted by molar-refractivity contribution is 6.03. The lowest BCUT2D eigenvalue weighted by Gasteiger charge is -2.12. The largest absolute Gasteiger partial charge is 0.0984 e. The van der Waals surface area contributed by atoms with E-state index in [1.807, 2.05) is 30.4 Å². The molecule has 182 valence electrons. The minimum atomic E-state index is 0.940. The van der Waals surface area contributed by atoms with Crippen molar-refractivity contribution in [2.45, 2.75) is 0 Å². The summed E-state index contributed by atoms with van der Waals surface area (Å²) in [6.07, 6.45) is 3.74. The molecule has 0 aliphatic carbocycles. The van der Waals surface area contributed by atoms with Crippen LogP contribution in [0.2, 0.25) is 0 Å². The summed E-state index contributed by atoms with van der Waals surface area (Å²) >= 11 is 0. The van der Waals surface area contributed by atoms with Crippen LogP contribution in [0.1, 0.15) is 11.1 Å². The molecule has 0 aliphatic heterocycles. The van der Waals surface area contributed by atoms with Gasteiger partial charge in [-0.25, -0.2) is 0 Å². The van der Waals surface area contributed by atoms with Crippen LogP contribution < -0.4 is 10.4 Å². The Kier molecular flexibility index (Phi) is 7.15. The van der Waals surface area contributed by atoms with E-state index in [0.717, 1.165) is 54.6 Å². The molecule has 0 heteroatoms. The molecule has 0 nitrogen and oxygen atoms in total. The van der Waals surface area contributed by atoms with Gasteiger partial charge in [0.25, 0.3) is 0 Å². The average Bonchev–Trinajstić information content (AvgIpc) is 2.97. The predicted octanol–water partition coefficient (Wildman–Crippen LogP) is 9.07. The Bertz CT molecular complexity index is 1810. The third kappa shape index (κ3) is 4.85. The predicted molar refractivity (Wildman–Crippen MR) is 168 cm³/mol. The summed E-state index contributed by atoms with van der Waals surface area (Å²) in [6.45, 7) is 16.9. The molecular formula is C38H30. The molecule has 0 saturated heterocycles. The molecular weight excluding hydrogens is 456 g/mol. The Balaban J connectivity index is 1.85. The van der Waals surface area contributed by atoms with Crippen LogP contribution in [-0.4, -0.2) is 0 Å². The second-order valence-corrected chi connectivity index (χ2v) is 9.26. The molecule has 0 spiro atoms. The zero-order valence-corrected chi connectivity index (χ0v) is 21.5. The molecule has 0 aromatic heterocycles. The van der Waals surface area contributed by atoms with Gasteiger partial charge in [-0.2, -0.15) is 0 Å². The molecule has 5 aromatic carbocycles. The summed E-state index contributed by atoms with van der Waals surface area (Å²) in [7, 11) is 0. The van der Waals surface area contributed by atoms with Crippen molar-refractivity contribution in [2.24, 2.45) is 0 Å². The van der Waals surface area contributed by atoms with Gasteiger partial charge in [-0.1, -0.05) is 154 Å². The highest BCUT2D eigenvalue weighted by atomic mass is 14.1. The first-order valence-electron chi connectivity index (χ1n) is 12.7. The van der Waals surface area contributed by atoms with Gasteiger partial charge in [0.2, 0.25) is 0 Å². The van der Waals surface area contributed by atoms with E-state index in [1.165, 1.54) is 11.1 Å². The van der Waals surface area contributed by atoms with Crippen LogP contribution >= 0.6 is 0 Å². The molecule has 0 bridgehead atoms. The van der Waals surface area contributed by atoms with Crippen molar-refractivity contribution in [2.75, 3.05) is 0 Å².